The van der Waals surface area contributed by atoms with Gasteiger partial charge in [0.25, 0.3) is 0 Å². The van der Waals surface area contributed by atoms with Gasteiger partial charge in [0, 0.05) is 30.2 Å². The molecule has 0 aromatic carbocycles. The molecule has 0 radical (unpaired) electrons. The molecule has 0 saturated heterocycles. The van der Waals surface area contributed by atoms with Crippen LogP contribution in [0.2, 0.25) is 0 Å². The van der Waals surface area contributed by atoms with E-state index in [0.29, 0.717) is 12.2 Å². The predicted octanol–water partition coefficient (Wildman–Crippen LogP) is 2.48. The Morgan fingerprint density at radius 3 is 2.61 bits per heavy atom. The Labute approximate surface area is 135 Å². The van der Waals surface area contributed by atoms with Crippen molar-refractivity contribution in [2.75, 3.05) is 13.2 Å². The molecule has 6 heteroatoms. The lowest BCUT2D eigenvalue weighted by Crippen LogP contribution is -2.16. The lowest BCUT2D eigenvalue weighted by Gasteiger charge is -2.08. The van der Waals surface area contributed by atoms with Crippen LogP contribution in [-0.4, -0.2) is 34.5 Å². The van der Waals surface area contributed by atoms with E-state index in [-0.39, 0.29) is 23.8 Å². The summed E-state index contributed by atoms with van der Waals surface area (Å²) in [5.41, 5.74) is 2.60. The van der Waals surface area contributed by atoms with E-state index in [1.807, 2.05) is 25.5 Å². The summed E-state index contributed by atoms with van der Waals surface area (Å²) in [6, 6.07) is 4.97. The molecule has 0 spiro atoms. The number of rotatable bonds is 6. The summed E-state index contributed by atoms with van der Waals surface area (Å²) in [6.07, 6.45) is 1.53. The number of nitrogens with zero attached hydrogens (tertiary/aromatic N) is 2. The highest BCUT2D eigenvalue weighted by Crippen LogP contribution is 2.17. The van der Waals surface area contributed by atoms with E-state index in [2.05, 4.69) is 4.98 Å². The summed E-state index contributed by atoms with van der Waals surface area (Å²) in [4.78, 5) is 28.4. The first-order valence-electron chi connectivity index (χ1n) is 7.36. The monoisotopic (exact) mass is 316 g/mol. The summed E-state index contributed by atoms with van der Waals surface area (Å²) in [6.45, 7) is 5.65. The number of Topliss-reactive ketones (excluding diaryl/α,β-unsaturated/α-hetero) is 1. The first kappa shape index (κ1) is 16.7. The van der Waals surface area contributed by atoms with Gasteiger partial charge in [-0.15, -0.1) is 0 Å². The van der Waals surface area contributed by atoms with Gasteiger partial charge in [-0.25, -0.2) is 9.78 Å². The van der Waals surface area contributed by atoms with Crippen molar-refractivity contribution in [3.63, 3.8) is 0 Å². The summed E-state index contributed by atoms with van der Waals surface area (Å²) in [5.74, 6) is -0.652. The van der Waals surface area contributed by atoms with Gasteiger partial charge in [0.05, 0.1) is 6.61 Å². The van der Waals surface area contributed by atoms with Gasteiger partial charge in [-0.05, 0) is 39.0 Å². The molecule has 23 heavy (non-hydrogen) atoms. The van der Waals surface area contributed by atoms with Crippen LogP contribution in [0.4, 0.5) is 0 Å². The highest BCUT2D eigenvalue weighted by Gasteiger charge is 2.19. The number of aromatic nitrogens is 2. The Hall–Kier alpha value is -2.63. The number of esters is 1. The molecular weight excluding hydrogens is 296 g/mol. The van der Waals surface area contributed by atoms with Gasteiger partial charge in [0.2, 0.25) is 11.7 Å². The molecule has 2 rings (SSSR count). The largest absolute Gasteiger partial charge is 0.477 e. The van der Waals surface area contributed by atoms with E-state index in [9.17, 15) is 9.59 Å². The zero-order valence-corrected chi connectivity index (χ0v) is 13.8. The molecule has 122 valence electrons. The fraction of sp³-hybridized carbons (Fsp3) is 0.353. The topological polar surface area (TPSA) is 70.4 Å². The maximum atomic E-state index is 12.2. The van der Waals surface area contributed by atoms with Crippen molar-refractivity contribution in [2.24, 2.45) is 7.05 Å². The van der Waals surface area contributed by atoms with Crippen LogP contribution < -0.4 is 4.74 Å². The van der Waals surface area contributed by atoms with Crippen molar-refractivity contribution in [3.8, 4) is 5.88 Å². The van der Waals surface area contributed by atoms with E-state index in [1.54, 1.807) is 25.1 Å². The predicted molar refractivity (Wildman–Crippen MR) is 84.9 cm³/mol. The highest BCUT2D eigenvalue weighted by molar-refractivity contribution is 6.00. The van der Waals surface area contributed by atoms with Crippen LogP contribution in [0.1, 0.15) is 39.0 Å². The highest BCUT2D eigenvalue weighted by atomic mass is 16.5. The lowest BCUT2D eigenvalue weighted by atomic mass is 10.1. The third-order valence-corrected chi connectivity index (χ3v) is 3.68. The summed E-state index contributed by atoms with van der Waals surface area (Å²) in [5, 5.41) is 0. The smallest absolute Gasteiger partial charge is 0.344 e. The van der Waals surface area contributed by atoms with Crippen LogP contribution >= 0.6 is 0 Å². The average Bonchev–Trinajstić information content (AvgIpc) is 2.81. The van der Waals surface area contributed by atoms with Crippen molar-refractivity contribution in [1.82, 2.24) is 9.55 Å². The Balaban J connectivity index is 2.07. The molecule has 0 unspecified atom stereocenters. The van der Waals surface area contributed by atoms with Crippen LogP contribution in [0.5, 0.6) is 5.88 Å². The molecule has 0 fully saturated rings. The number of hydrogen-bond donors (Lipinski definition) is 0. The molecule has 0 aliphatic heterocycles. The summed E-state index contributed by atoms with van der Waals surface area (Å²) < 4.78 is 12.3. The van der Waals surface area contributed by atoms with E-state index >= 15 is 0 Å². The quantitative estimate of drug-likeness (QED) is 0.605. The molecule has 0 aliphatic rings. The number of carbonyl (C=O) groups is 2. The van der Waals surface area contributed by atoms with E-state index < -0.39 is 5.97 Å². The maximum absolute atomic E-state index is 12.2. The zero-order chi connectivity index (χ0) is 17.0. The molecule has 0 atom stereocenters. The van der Waals surface area contributed by atoms with Crippen molar-refractivity contribution < 1.29 is 19.1 Å². The molecule has 0 amide bonds. The minimum atomic E-state index is -0.625. The second kappa shape index (κ2) is 7.09. The Bertz CT molecular complexity index is 734. The molecule has 0 saturated carbocycles. The second-order valence-electron chi connectivity index (χ2n) is 5.13. The van der Waals surface area contributed by atoms with Crippen molar-refractivity contribution in [3.05, 3.63) is 46.9 Å². The molecular formula is C17H20N2O4. The van der Waals surface area contributed by atoms with Crippen LogP contribution in [-0.2, 0) is 11.8 Å². The van der Waals surface area contributed by atoms with Crippen LogP contribution in [0.3, 0.4) is 0 Å². The average molecular weight is 316 g/mol. The van der Waals surface area contributed by atoms with Crippen LogP contribution in [0, 0.1) is 13.8 Å². The number of carbonyl (C=O) groups excluding carboxylic acids is 2. The molecule has 0 N–H and O–H groups in total. The first-order valence-corrected chi connectivity index (χ1v) is 7.36. The third kappa shape index (κ3) is 3.59. The lowest BCUT2D eigenvalue weighted by molar-refractivity contribution is 0.0469. The van der Waals surface area contributed by atoms with Gasteiger partial charge in [0.15, 0.2) is 6.61 Å². The minimum absolute atomic E-state index is 0.208. The van der Waals surface area contributed by atoms with Gasteiger partial charge < -0.3 is 14.0 Å². The zero-order valence-electron chi connectivity index (χ0n) is 13.8. The molecule has 2 heterocycles. The first-order chi connectivity index (χ1) is 11.0. The van der Waals surface area contributed by atoms with E-state index in [4.69, 9.17) is 9.47 Å². The van der Waals surface area contributed by atoms with Crippen LogP contribution in [0.15, 0.2) is 24.4 Å². The number of aryl methyl sites for hydroxylation is 1. The summed E-state index contributed by atoms with van der Waals surface area (Å²) >= 11 is 0. The summed E-state index contributed by atoms with van der Waals surface area (Å²) in [7, 11) is 1.89. The second-order valence-corrected chi connectivity index (χ2v) is 5.13. The number of ether oxygens (including phenoxy) is 2. The Kier molecular flexibility index (Phi) is 5.16. The van der Waals surface area contributed by atoms with Gasteiger partial charge in [-0.2, -0.15) is 0 Å². The fourth-order valence-corrected chi connectivity index (χ4v) is 2.22. The van der Waals surface area contributed by atoms with Crippen molar-refractivity contribution in [1.29, 1.82) is 0 Å². The minimum Gasteiger partial charge on any atom is -0.477 e. The normalized spacial score (nSPS) is 10.4. The van der Waals surface area contributed by atoms with E-state index in [1.165, 1.54) is 6.20 Å². The Morgan fingerprint density at radius 1 is 1.26 bits per heavy atom. The fourth-order valence-electron chi connectivity index (χ4n) is 2.22. The Morgan fingerprint density at radius 2 is 2.00 bits per heavy atom. The molecule has 6 nitrogen and oxygen atoms in total. The van der Waals surface area contributed by atoms with Crippen LogP contribution in [0.25, 0.3) is 0 Å². The van der Waals surface area contributed by atoms with Crippen molar-refractivity contribution >= 4 is 11.8 Å². The van der Waals surface area contributed by atoms with Gasteiger partial charge in [-0.1, -0.05) is 0 Å². The number of pyridine rings is 1. The third-order valence-electron chi connectivity index (χ3n) is 3.68. The van der Waals surface area contributed by atoms with Crippen molar-refractivity contribution in [2.45, 2.75) is 20.8 Å². The molecule has 2 aromatic heterocycles. The number of ketones is 1. The number of hydrogen-bond acceptors (Lipinski definition) is 5. The maximum Gasteiger partial charge on any atom is 0.344 e. The SMILES string of the molecule is CCOc1ncccc1C(=O)OCC(=O)c1cc(C)n(C)c1C. The molecule has 2 aromatic rings. The molecule has 0 bridgehead atoms. The van der Waals surface area contributed by atoms with E-state index in [0.717, 1.165) is 11.4 Å². The van der Waals surface area contributed by atoms with Gasteiger partial charge in [0.1, 0.15) is 5.56 Å². The standard InChI is InChI=1S/C17H20N2O4/c1-5-22-16-13(7-6-8-18-16)17(21)23-10-15(20)14-9-11(2)19(4)12(14)3/h6-9H,5,10H2,1-4H3. The van der Waals surface area contributed by atoms with Gasteiger partial charge >= 0.3 is 5.97 Å². The molecule has 0 aliphatic carbocycles. The van der Waals surface area contributed by atoms with Gasteiger partial charge in [-0.3, -0.25) is 4.79 Å².